The van der Waals surface area contributed by atoms with Crippen LogP contribution in [-0.4, -0.2) is 147 Å². The zero-order valence-electron chi connectivity index (χ0n) is 40.4. The SMILES string of the molecule is C[C@@H]1C(O)=C(C(N)=O)C(=O)[C@@]2(O)C(O)=C3C(=O)c4c(ccc(NC(=O)NCCCCNC(=O)Nc5ccc6c(c5O)C(=O)C5=C(O)[C@]7(O)C(=O)C(C(N)=O)=C(O)[C@@H](N(C)C)[C@@H]7C[C@@H]5[C@]6(C)O)c4O)[C@@](C)(O)[C@H]3C[C@@H]12. The van der Waals surface area contributed by atoms with Crippen molar-refractivity contribution in [1.82, 2.24) is 15.5 Å². The predicted octanol–water partition coefficient (Wildman–Crippen LogP) is 0.314. The van der Waals surface area contributed by atoms with Crippen molar-refractivity contribution < 1.29 is 89.4 Å². The molecule has 6 aliphatic rings. The van der Waals surface area contributed by atoms with Gasteiger partial charge in [-0.05, 0) is 76.9 Å². The number of hydrogen-bond acceptors (Lipinski definition) is 19. The van der Waals surface area contributed by atoms with Crippen LogP contribution in [0.15, 0.2) is 69.6 Å². The zero-order chi connectivity index (χ0) is 54.8. The number of Topliss-reactive ketones (excluding diaryl/α,β-unsaturated/α-hetero) is 4. The topological polar surface area (TPSA) is 442 Å². The highest BCUT2D eigenvalue weighted by molar-refractivity contribution is 6.26. The number of aromatic hydroxyl groups is 2. The van der Waals surface area contributed by atoms with Gasteiger partial charge in [-0.25, -0.2) is 9.59 Å². The number of carbonyl (C=O) groups excluding carboxylic acids is 8. The summed E-state index contributed by atoms with van der Waals surface area (Å²) in [5.41, 5.74) is -4.50. The summed E-state index contributed by atoms with van der Waals surface area (Å²) in [5, 5.41) is 125. The molecule has 8 rings (SSSR count). The first-order chi connectivity index (χ1) is 34.4. The lowest BCUT2D eigenvalue weighted by Crippen LogP contribution is -2.65. The van der Waals surface area contributed by atoms with E-state index in [9.17, 15) is 89.4 Å². The molecule has 10 atom stereocenters. The number of likely N-dealkylation sites (N-methyl/N-ethyl adjacent to an activating group) is 1. The third kappa shape index (κ3) is 7.31. The fraction of sp³-hybridized carbons (Fsp3) is 0.429. The van der Waals surface area contributed by atoms with Crippen LogP contribution in [0.5, 0.6) is 11.5 Å². The van der Waals surface area contributed by atoms with Crippen LogP contribution in [0.2, 0.25) is 0 Å². The summed E-state index contributed by atoms with van der Waals surface area (Å²) >= 11 is 0. The fourth-order valence-electron chi connectivity index (χ4n) is 12.0. The summed E-state index contributed by atoms with van der Waals surface area (Å²) in [5.74, 6) is -19.9. The number of carbonyl (C=O) groups is 8. The minimum atomic E-state index is -2.96. The average Bonchev–Trinajstić information content (AvgIpc) is 3.30. The monoisotopic (exact) mass is 1030 g/mol. The number of unbranched alkanes of at least 4 members (excludes halogenated alkanes) is 1. The van der Waals surface area contributed by atoms with Crippen molar-refractivity contribution in [3.8, 4) is 11.5 Å². The Labute approximate surface area is 419 Å². The smallest absolute Gasteiger partial charge is 0.319 e. The molecule has 0 fully saturated rings. The van der Waals surface area contributed by atoms with Gasteiger partial charge in [0.1, 0.15) is 34.2 Å². The van der Waals surface area contributed by atoms with Gasteiger partial charge in [-0.1, -0.05) is 19.1 Å². The summed E-state index contributed by atoms with van der Waals surface area (Å²) in [6.07, 6.45) is -0.221. The van der Waals surface area contributed by atoms with Gasteiger partial charge in [-0.2, -0.15) is 0 Å². The highest BCUT2D eigenvalue weighted by Gasteiger charge is 2.67. The van der Waals surface area contributed by atoms with Gasteiger partial charge < -0.3 is 83.8 Å². The maximum absolute atomic E-state index is 14.2. The average molecular weight is 1030 g/mol. The number of phenols is 2. The van der Waals surface area contributed by atoms with E-state index in [0.29, 0.717) is 0 Å². The Balaban J connectivity index is 0.898. The molecule has 6 aliphatic carbocycles. The molecule has 2 aromatic rings. The standard InChI is InChI=1S/C49H55N7O18/c1-16-19-14-20-27(38(63)48(19,73)40(65)29(32(16)57)42(50)67)35(60)25-17(46(20,2)71)8-10-23(33(25)58)54-44(69)52-12-6-7-13-53-45(70)55-24-11-9-18-26(34(24)59)36(61)28-21(47(18,3)72)15-22-31(56(4)5)37(62)30(43(51)68)41(66)49(22,74)39(28)64/h8-11,16,19-22,31,57-59,62-64,71-74H,6-7,12-15H2,1-5H3,(H2,50,67)(H2,51,68)(H2,52,54,69)(H2,53,55,70)/t16-,19-,20-,21-,22-,31-,46+,47+,48-,49-/m0/s1. The van der Waals surface area contributed by atoms with E-state index >= 15 is 0 Å². The minimum absolute atomic E-state index is 0.00366. The van der Waals surface area contributed by atoms with E-state index in [1.165, 1.54) is 64.0 Å². The lowest BCUT2D eigenvalue weighted by atomic mass is 9.54. The van der Waals surface area contributed by atoms with Crippen LogP contribution in [0.4, 0.5) is 21.0 Å². The van der Waals surface area contributed by atoms with Gasteiger partial charge in [-0.3, -0.25) is 33.7 Å². The first-order valence-corrected chi connectivity index (χ1v) is 23.3. The van der Waals surface area contributed by atoms with Gasteiger partial charge in [-0.15, -0.1) is 0 Å². The van der Waals surface area contributed by atoms with Crippen LogP contribution in [0.3, 0.4) is 0 Å². The van der Waals surface area contributed by atoms with Gasteiger partial charge in [0, 0.05) is 53.8 Å². The van der Waals surface area contributed by atoms with Crippen LogP contribution in [-0.2, 0) is 30.4 Å². The Hall–Kier alpha value is -7.84. The lowest BCUT2D eigenvalue weighted by Gasteiger charge is -2.52. The Morgan fingerprint density at radius 3 is 1.39 bits per heavy atom. The number of phenolic OH excluding ortho intramolecular Hbond substituents is 2. The Kier molecular flexibility index (Phi) is 12.5. The quantitative estimate of drug-likeness (QED) is 0.0865. The molecule has 0 aromatic heterocycles. The molecule has 18 N–H and O–H groups in total. The Morgan fingerprint density at radius 1 is 0.622 bits per heavy atom. The molecule has 0 spiro atoms. The number of amides is 6. The van der Waals surface area contributed by atoms with Crippen LogP contribution >= 0.6 is 0 Å². The molecule has 0 unspecified atom stereocenters. The summed E-state index contributed by atoms with van der Waals surface area (Å²) in [6.45, 7) is 3.92. The normalized spacial score (nSPS) is 31.2. The van der Waals surface area contributed by atoms with E-state index in [4.69, 9.17) is 11.5 Å². The van der Waals surface area contributed by atoms with Crippen molar-refractivity contribution in [2.45, 2.75) is 74.9 Å². The molecule has 0 bridgehead atoms. The number of rotatable bonds is 10. The molecule has 0 radical (unpaired) electrons. The molecule has 74 heavy (non-hydrogen) atoms. The number of anilines is 2. The number of urea groups is 2. The van der Waals surface area contributed by atoms with Crippen molar-refractivity contribution in [3.63, 3.8) is 0 Å². The number of nitrogens with zero attached hydrogens (tertiary/aromatic N) is 1. The molecule has 0 saturated carbocycles. The number of ketones is 4. The first kappa shape index (κ1) is 52.5. The molecule has 6 amide bonds. The number of nitrogens with two attached hydrogens (primary N) is 2. The van der Waals surface area contributed by atoms with E-state index < -0.39 is 173 Å². The van der Waals surface area contributed by atoms with Gasteiger partial charge in [0.2, 0.25) is 11.6 Å². The Bertz CT molecular complexity index is 3080. The predicted molar refractivity (Wildman–Crippen MR) is 254 cm³/mol. The van der Waals surface area contributed by atoms with Gasteiger partial charge in [0.25, 0.3) is 11.8 Å². The van der Waals surface area contributed by atoms with Crippen molar-refractivity contribution in [2.24, 2.45) is 41.1 Å². The van der Waals surface area contributed by atoms with Crippen LogP contribution in [0.1, 0.15) is 78.3 Å². The zero-order valence-corrected chi connectivity index (χ0v) is 40.4. The first-order valence-electron chi connectivity index (χ1n) is 23.3. The van der Waals surface area contributed by atoms with Crippen molar-refractivity contribution >= 4 is 58.4 Å². The molecule has 0 saturated heterocycles. The van der Waals surface area contributed by atoms with Gasteiger partial charge in [0.05, 0.1) is 39.7 Å². The van der Waals surface area contributed by atoms with E-state index in [1.54, 1.807) is 0 Å². The number of aliphatic hydroxyl groups is 8. The number of fused-ring (bicyclic) bond motifs is 6. The van der Waals surface area contributed by atoms with E-state index in [1.807, 2.05) is 0 Å². The highest BCUT2D eigenvalue weighted by atomic mass is 16.4. The molecule has 394 valence electrons. The second kappa shape index (κ2) is 17.7. The number of aliphatic hydroxyl groups excluding tert-OH is 4. The molecular formula is C49H55N7O18. The maximum atomic E-state index is 14.2. The number of hydrogen-bond donors (Lipinski definition) is 16. The summed E-state index contributed by atoms with van der Waals surface area (Å²) in [7, 11) is 2.93. The van der Waals surface area contributed by atoms with Crippen LogP contribution < -0.4 is 32.7 Å². The highest BCUT2D eigenvalue weighted by Crippen LogP contribution is 2.59. The molecule has 0 aliphatic heterocycles. The summed E-state index contributed by atoms with van der Waals surface area (Å²) in [4.78, 5) is 107. The molecule has 2 aromatic carbocycles. The van der Waals surface area contributed by atoms with Crippen molar-refractivity contribution in [1.29, 1.82) is 0 Å². The largest absolute Gasteiger partial charge is 0.511 e. The Morgan fingerprint density at radius 2 is 1.00 bits per heavy atom. The number of nitrogens with one attached hydrogen (secondary N) is 4. The third-order valence-corrected chi connectivity index (χ3v) is 15.8. The number of primary amides is 2. The van der Waals surface area contributed by atoms with Gasteiger partial charge >= 0.3 is 12.1 Å². The summed E-state index contributed by atoms with van der Waals surface area (Å²) in [6, 6.07) is 1.93. The van der Waals surface area contributed by atoms with Crippen LogP contribution in [0.25, 0.3) is 0 Å². The lowest BCUT2D eigenvalue weighted by molar-refractivity contribution is -0.152. The molecular weight excluding hydrogens is 975 g/mol. The van der Waals surface area contributed by atoms with E-state index in [0.717, 1.165) is 0 Å². The van der Waals surface area contributed by atoms with Crippen molar-refractivity contribution in [2.75, 3.05) is 37.8 Å². The van der Waals surface area contributed by atoms with E-state index in [-0.39, 0.29) is 61.3 Å². The number of allylic oxidation sites excluding steroid dienone is 1. The van der Waals surface area contributed by atoms with Crippen LogP contribution in [0, 0.1) is 29.6 Å². The molecule has 0 heterocycles. The summed E-state index contributed by atoms with van der Waals surface area (Å²) < 4.78 is 0. The minimum Gasteiger partial charge on any atom is -0.511 e. The molecule has 25 heteroatoms. The third-order valence-electron chi connectivity index (χ3n) is 15.8. The maximum Gasteiger partial charge on any atom is 0.319 e. The number of benzene rings is 2. The van der Waals surface area contributed by atoms with Gasteiger partial charge in [0.15, 0.2) is 34.3 Å². The second-order valence-corrected chi connectivity index (χ2v) is 20.1. The molecule has 25 nitrogen and oxygen atoms in total. The second-order valence-electron chi connectivity index (χ2n) is 20.1. The van der Waals surface area contributed by atoms with Crippen molar-refractivity contribution in [3.05, 3.63) is 91.8 Å². The van der Waals surface area contributed by atoms with E-state index in [2.05, 4.69) is 21.3 Å². The fourth-order valence-corrected chi connectivity index (χ4v) is 12.0.